The topological polar surface area (TPSA) is 447 Å². The highest BCUT2D eigenvalue weighted by molar-refractivity contribution is 5.84. The van der Waals surface area contributed by atoms with Gasteiger partial charge in [0, 0.05) is 85.8 Å². The van der Waals surface area contributed by atoms with Crippen LogP contribution < -0.4 is 38.5 Å². The number of allylic oxidation sites excluding steroid dienone is 6. The van der Waals surface area contributed by atoms with Gasteiger partial charge in [0.25, 0.3) is 16.7 Å². The molecule has 6 aromatic heterocycles. The average molecular weight is 1630 g/mol. The number of nitrogens with zero attached hydrogens (tertiary/aromatic N) is 9. The van der Waals surface area contributed by atoms with Gasteiger partial charge < -0.3 is 82.5 Å². The number of aliphatic hydroxyl groups excluding tert-OH is 3. The Morgan fingerprint density at radius 3 is 1.94 bits per heavy atom. The Balaban J connectivity index is 0.000000264. The van der Waals surface area contributed by atoms with Crippen LogP contribution in [-0.2, 0) is 87.5 Å². The number of aryl methyl sites for hydroxylation is 4. The van der Waals surface area contributed by atoms with E-state index in [4.69, 9.17) is 42.6 Å². The number of rotatable bonds is 15. The highest BCUT2D eigenvalue weighted by Crippen LogP contribution is 2.42. The van der Waals surface area contributed by atoms with E-state index in [1.165, 1.54) is 91.7 Å². The molecule has 9 heterocycles. The normalized spacial score (nSPS) is 28.4. The van der Waals surface area contributed by atoms with Crippen LogP contribution in [0.3, 0.4) is 0 Å². The minimum Gasteiger partial charge on any atom is -0.496 e. The van der Waals surface area contributed by atoms with Crippen LogP contribution in [0.15, 0.2) is 95.3 Å². The summed E-state index contributed by atoms with van der Waals surface area (Å²) in [5.41, 5.74) is 2.29. The first kappa shape index (κ1) is 95.4. The van der Waals surface area contributed by atoms with Gasteiger partial charge >= 0.3 is 29.0 Å². The summed E-state index contributed by atoms with van der Waals surface area (Å²) in [5.74, 6) is -3.85. The van der Waals surface area contributed by atoms with Gasteiger partial charge in [0.1, 0.15) is 46.5 Å². The number of ketones is 1. The molecule has 1 aromatic carbocycles. The predicted octanol–water partition coefficient (Wildman–Crippen LogP) is 4.96. The van der Waals surface area contributed by atoms with E-state index in [0.717, 1.165) is 26.0 Å². The minimum absolute atomic E-state index is 0.111. The Morgan fingerprint density at radius 1 is 0.724 bits per heavy atom. The van der Waals surface area contributed by atoms with Gasteiger partial charge in [-0.15, -0.1) is 0 Å². The lowest BCUT2D eigenvalue weighted by Gasteiger charge is -2.50. The molecule has 0 aliphatic carbocycles. The number of cyclic esters (lactones) is 1. The van der Waals surface area contributed by atoms with Crippen molar-refractivity contribution in [2.45, 2.75) is 221 Å². The summed E-state index contributed by atoms with van der Waals surface area (Å²) in [4.78, 5) is 130. The molecule has 7 aromatic rings. The fraction of sp³-hybridized carbons (Fsp3) is 0.605. The molecule has 3 fully saturated rings. The molecule has 642 valence electrons. The fourth-order valence-electron chi connectivity index (χ4n) is 14.8. The van der Waals surface area contributed by atoms with Crippen LogP contribution in [0, 0.1) is 44.4 Å². The smallest absolute Gasteiger partial charge is 0.332 e. The van der Waals surface area contributed by atoms with Crippen molar-refractivity contribution in [1.29, 1.82) is 0 Å². The Labute approximate surface area is 673 Å². The summed E-state index contributed by atoms with van der Waals surface area (Å²) < 4.78 is 60.6. The lowest BCUT2D eigenvalue weighted by Crippen LogP contribution is -2.61. The van der Waals surface area contributed by atoms with Crippen LogP contribution in [-0.4, -0.2) is 227 Å². The number of imidazole rings is 3. The molecule has 0 unspecified atom stereocenters. The number of ether oxygens (including phenoxy) is 9. The number of esters is 2. The zero-order valence-corrected chi connectivity index (χ0v) is 71.6. The summed E-state index contributed by atoms with van der Waals surface area (Å²) in [6.07, 6.45) is 7.09. The predicted molar refractivity (Wildman–Crippen MR) is 436 cm³/mol. The van der Waals surface area contributed by atoms with Gasteiger partial charge in [-0.1, -0.05) is 63.6 Å². The van der Waals surface area contributed by atoms with E-state index in [2.05, 4.69) is 73.9 Å². The first-order chi connectivity index (χ1) is 54.2. The molecule has 0 saturated carbocycles. The van der Waals surface area contributed by atoms with E-state index >= 15 is 0 Å². The average Bonchev–Trinajstić information content (AvgIpc) is 1.37. The maximum atomic E-state index is 14.2. The zero-order valence-electron chi connectivity index (χ0n) is 71.6. The molecule has 0 amide bonds. The SMILES string of the molecule is CCOC(=O)/C=C(C)/C=C/C=C(C)/C=C/c1c(C)cc(OC)c(C)c1C.CC[C@@H]1OC(=O)[C@H](C)[C@@H](O[C@H]2C[C@@](C)(OC)[C@@H](O)[C@H](C)O2)[C@H](C)[C@@H](O[C@@H]2O[C@H](C)C[C@H](N(C)C)[C@H]2O)[C@](C)(OC)C[C@@H](C)C(=O)[C@@H](C)[C@@H](O)[C@]1(C)O.Cn1c(=O)c2[nH]cnc2n(C)c1=O.Cn1c(=O)c2c(ncn2C)n(C)c1=O.O=c1[nH]c(=O)c2[nH]cnc2[nH]1. The molecule has 116 heavy (non-hydrogen) atoms. The van der Waals surface area contributed by atoms with E-state index < -0.39 is 113 Å². The number of hydrogen-bond donors (Lipinski definition) is 8. The summed E-state index contributed by atoms with van der Waals surface area (Å²) in [6.45, 7) is 29.4. The first-order valence-electron chi connectivity index (χ1n) is 38.5. The van der Waals surface area contributed by atoms with Crippen LogP contribution in [0.2, 0.25) is 0 Å². The number of Topliss-reactive ketones (excluding diaryl/α,β-unsaturated/α-hetero) is 1. The van der Waals surface area contributed by atoms with Gasteiger partial charge in [-0.05, 0) is 150 Å². The van der Waals surface area contributed by atoms with Crippen LogP contribution in [0.25, 0.3) is 39.6 Å². The maximum absolute atomic E-state index is 14.2. The first-order valence-corrected chi connectivity index (χ1v) is 38.5. The van der Waals surface area contributed by atoms with Crippen molar-refractivity contribution in [2.75, 3.05) is 42.0 Å². The molecule has 35 nitrogen and oxygen atoms in total. The second-order valence-corrected chi connectivity index (χ2v) is 31.0. The molecule has 0 spiro atoms. The molecule has 8 N–H and O–H groups in total. The molecule has 0 radical (unpaired) electrons. The molecule has 3 saturated heterocycles. The number of fused-ring (bicyclic) bond motifs is 3. The number of carbonyl (C=O) groups excluding carboxylic acids is 3. The number of benzene rings is 1. The Morgan fingerprint density at radius 2 is 1.34 bits per heavy atom. The van der Waals surface area contributed by atoms with Gasteiger partial charge in [0.05, 0.1) is 80.3 Å². The van der Waals surface area contributed by atoms with Gasteiger partial charge in [0.15, 0.2) is 35.0 Å². The Hall–Kier alpha value is -9.40. The van der Waals surface area contributed by atoms with Crippen LogP contribution in [0.4, 0.5) is 0 Å². The largest absolute Gasteiger partial charge is 0.496 e. The summed E-state index contributed by atoms with van der Waals surface area (Å²) >= 11 is 0. The van der Waals surface area contributed by atoms with Crippen molar-refractivity contribution in [3.05, 3.63) is 151 Å². The molecular formula is C81H121N13O22. The summed E-state index contributed by atoms with van der Waals surface area (Å²) in [7, 11) is 16.3. The Bertz CT molecular complexity index is 5070. The molecule has 3 aliphatic heterocycles. The quantitative estimate of drug-likeness (QED) is 0.0382. The van der Waals surface area contributed by atoms with Gasteiger partial charge in [-0.2, -0.15) is 0 Å². The van der Waals surface area contributed by atoms with Crippen molar-refractivity contribution in [2.24, 2.45) is 58.9 Å². The number of carbonyl (C=O) groups is 3. The monoisotopic (exact) mass is 1630 g/mol. The number of aromatic nitrogens is 12. The van der Waals surface area contributed by atoms with Gasteiger partial charge in [-0.3, -0.25) is 52.2 Å². The third kappa shape index (κ3) is 22.1. The standard InChI is InChI=1S/C38H69NO13.C23H30O3.C8H10N4O2.C7H8N4O2.C5H4N4O2/c1-15-26-38(10,45)31(42)21(4)28(40)19(2)17-37(9,47-14)33(52-35-29(41)25(39(11)12)16-20(3)48-35)22(5)30(23(6)34(44)50-26)51-27-18-36(8,46-13)32(43)24(7)49-27;1-8-26-23(24)14-17(3)11-9-10-16(2)12-13-21-18(4)15-22(25-7)20(6)19(21)5;1-10-4-9-6-5(10)7(13)12(3)8(14)11(6)2;1-10-5-4(8-3-9-5)6(12)11(2)7(10)13;10-4-2-3(7-1-6-2)8-5(11)9-4/h19-27,29-33,35,41-43,45H,15-18H2,1-14H3;9-15H,8H2,1-7H3;4H,1-3H3;3H,1-2H3,(H,8,9);1H,(H3,6,7,8,9,10,11)/b;11-9+,13-12+,16-10+,17-14+;;;/t19-,20-,21-,22+,23-,24+,25+,26+,27+,29-,30+,31-,32+,33-,35+,36-,37-,38-;;;;/m1..../s1. The molecule has 3 aliphatic rings. The van der Waals surface area contributed by atoms with Crippen molar-refractivity contribution in [3.63, 3.8) is 0 Å². The molecular weight excluding hydrogens is 1510 g/mol. The van der Waals surface area contributed by atoms with E-state index in [-0.39, 0.29) is 76.8 Å². The number of aliphatic hydroxyl groups is 4. The maximum Gasteiger partial charge on any atom is 0.332 e. The van der Waals surface area contributed by atoms with Crippen molar-refractivity contribution >= 4 is 57.3 Å². The summed E-state index contributed by atoms with van der Waals surface area (Å²) in [5, 5.41) is 45.6. The zero-order chi connectivity index (χ0) is 87.2. The molecule has 10 rings (SSSR count). The molecule has 0 bridgehead atoms. The number of aromatic amines is 4. The third-order valence-corrected chi connectivity index (χ3v) is 22.1. The number of hydrogen-bond acceptors (Lipinski definition) is 26. The highest BCUT2D eigenvalue weighted by Gasteiger charge is 2.54. The number of likely N-dealkylation sites (N-methyl/N-ethyl adjacent to an activating group) is 1. The van der Waals surface area contributed by atoms with Crippen molar-refractivity contribution in [3.8, 4) is 5.75 Å². The fourth-order valence-corrected chi connectivity index (χ4v) is 14.8. The number of methoxy groups -OCH3 is 3. The van der Waals surface area contributed by atoms with Crippen LogP contribution in [0.1, 0.15) is 138 Å². The summed E-state index contributed by atoms with van der Waals surface area (Å²) in [6, 6.07) is 1.79. The van der Waals surface area contributed by atoms with E-state index in [0.29, 0.717) is 35.4 Å². The molecule has 35 heteroatoms. The van der Waals surface area contributed by atoms with E-state index in [1.807, 2.05) is 64.9 Å². The van der Waals surface area contributed by atoms with E-state index in [1.54, 1.807) is 88.2 Å². The lowest BCUT2D eigenvalue weighted by molar-refractivity contribution is -0.319. The van der Waals surface area contributed by atoms with Crippen LogP contribution >= 0.6 is 0 Å². The lowest BCUT2D eigenvalue weighted by atomic mass is 9.74. The highest BCUT2D eigenvalue weighted by atomic mass is 16.7. The van der Waals surface area contributed by atoms with Gasteiger partial charge in [0.2, 0.25) is 0 Å². The van der Waals surface area contributed by atoms with Crippen molar-refractivity contribution in [1.82, 2.24) is 62.6 Å². The second-order valence-electron chi connectivity index (χ2n) is 31.0. The third-order valence-electron chi connectivity index (χ3n) is 22.1. The van der Waals surface area contributed by atoms with Crippen LogP contribution in [0.5, 0.6) is 5.75 Å². The van der Waals surface area contributed by atoms with Gasteiger partial charge in [-0.25, -0.2) is 34.1 Å². The Kier molecular flexibility index (Phi) is 33.4. The van der Waals surface area contributed by atoms with Crippen molar-refractivity contribution < 1.29 is 77.4 Å². The number of H-pyrrole nitrogens is 4. The van der Waals surface area contributed by atoms with E-state index in [9.17, 15) is 63.6 Å². The second kappa shape index (κ2) is 40.6. The minimum atomic E-state index is -1.96. The number of nitrogens with one attached hydrogen (secondary N) is 4. The molecule has 18 atom stereocenters.